The number of likely N-dealkylation sites (N-methyl/N-ethyl adjacent to an activating group) is 1. The molecular weight excluding hydrogens is 354 g/mol. The number of benzene rings is 1. The number of ether oxygens (including phenoxy) is 1. The van der Waals surface area contributed by atoms with Crippen molar-refractivity contribution >= 4 is 29.9 Å². The highest BCUT2D eigenvalue weighted by molar-refractivity contribution is 6.07. The van der Waals surface area contributed by atoms with Gasteiger partial charge in [0, 0.05) is 38.9 Å². The first-order valence-corrected chi connectivity index (χ1v) is 9.09. The number of halogens is 1. The number of morpholine rings is 1. The Bertz CT molecular complexity index is 682. The maximum atomic E-state index is 12.9. The van der Waals surface area contributed by atoms with Gasteiger partial charge in [-0.2, -0.15) is 0 Å². The largest absolute Gasteiger partial charge is 0.375 e. The number of anilines is 1. The predicted octanol–water partition coefficient (Wildman–Crippen LogP) is 1.32. The van der Waals surface area contributed by atoms with Gasteiger partial charge in [0.2, 0.25) is 11.8 Å². The number of rotatable bonds is 2. The third-order valence-corrected chi connectivity index (χ3v) is 5.87. The van der Waals surface area contributed by atoms with E-state index in [4.69, 9.17) is 4.74 Å². The zero-order valence-corrected chi connectivity index (χ0v) is 15.9. The highest BCUT2D eigenvalue weighted by Gasteiger charge is 2.51. The molecule has 7 heteroatoms. The lowest BCUT2D eigenvalue weighted by Gasteiger charge is -2.39. The number of hydrogen-bond donors (Lipinski definition) is 1. The van der Waals surface area contributed by atoms with Crippen molar-refractivity contribution in [2.75, 3.05) is 44.7 Å². The average Bonchev–Trinajstić information content (AvgIpc) is 2.86. The lowest BCUT2D eigenvalue weighted by molar-refractivity contribution is -0.138. The molecule has 1 aromatic rings. The Balaban J connectivity index is 0.00000196. The van der Waals surface area contributed by atoms with Gasteiger partial charge in [-0.3, -0.25) is 9.59 Å². The Labute approximate surface area is 160 Å². The molecule has 1 spiro atoms. The zero-order valence-electron chi connectivity index (χ0n) is 15.1. The Morgan fingerprint density at radius 3 is 2.73 bits per heavy atom. The quantitative estimate of drug-likeness (QED) is 0.842. The van der Waals surface area contributed by atoms with Crippen LogP contribution in [0.15, 0.2) is 24.3 Å². The van der Waals surface area contributed by atoms with Crippen LogP contribution in [0.5, 0.6) is 0 Å². The molecule has 1 N–H and O–H groups in total. The van der Waals surface area contributed by atoms with Crippen molar-refractivity contribution in [1.29, 1.82) is 0 Å². The summed E-state index contributed by atoms with van der Waals surface area (Å²) in [5.74, 6) is 0.302. The zero-order chi connectivity index (χ0) is 17.4. The first-order valence-electron chi connectivity index (χ1n) is 9.09. The number of nitrogens with one attached hydrogen (secondary N) is 1. The molecule has 0 saturated carbocycles. The summed E-state index contributed by atoms with van der Waals surface area (Å²) in [6.07, 6.45) is 1.78. The summed E-state index contributed by atoms with van der Waals surface area (Å²) < 4.78 is 5.64. The second-order valence-electron chi connectivity index (χ2n) is 7.25. The molecule has 0 radical (unpaired) electrons. The molecule has 142 valence electrons. The topological polar surface area (TPSA) is 61.9 Å². The molecule has 4 rings (SSSR count). The van der Waals surface area contributed by atoms with Crippen LogP contribution in [0.1, 0.15) is 24.8 Å². The molecule has 26 heavy (non-hydrogen) atoms. The van der Waals surface area contributed by atoms with Crippen molar-refractivity contribution < 1.29 is 14.3 Å². The predicted molar refractivity (Wildman–Crippen MR) is 102 cm³/mol. The van der Waals surface area contributed by atoms with E-state index in [1.807, 2.05) is 30.1 Å². The molecule has 0 aliphatic carbocycles. The molecule has 2 saturated heterocycles. The highest BCUT2D eigenvalue weighted by atomic mass is 35.5. The average molecular weight is 380 g/mol. The van der Waals surface area contributed by atoms with Gasteiger partial charge in [0.1, 0.15) is 0 Å². The van der Waals surface area contributed by atoms with Crippen LogP contribution in [0.4, 0.5) is 5.69 Å². The SMILES string of the molecule is CN1C(=O)C2(CCN(C(=O)CC3CNCCO3)CC2)c2ccccc21.Cl. The molecule has 3 aliphatic heterocycles. The second-order valence-corrected chi connectivity index (χ2v) is 7.25. The van der Waals surface area contributed by atoms with Gasteiger partial charge >= 0.3 is 0 Å². The Morgan fingerprint density at radius 2 is 2.04 bits per heavy atom. The van der Waals surface area contributed by atoms with Crippen molar-refractivity contribution in [1.82, 2.24) is 10.2 Å². The summed E-state index contributed by atoms with van der Waals surface area (Å²) in [7, 11) is 1.85. The van der Waals surface area contributed by atoms with E-state index in [-0.39, 0.29) is 30.3 Å². The number of nitrogens with zero attached hydrogens (tertiary/aromatic N) is 2. The fourth-order valence-electron chi connectivity index (χ4n) is 4.41. The molecule has 2 fully saturated rings. The van der Waals surface area contributed by atoms with Crippen molar-refractivity contribution in [2.45, 2.75) is 30.8 Å². The maximum Gasteiger partial charge on any atom is 0.237 e. The minimum absolute atomic E-state index is 0. The summed E-state index contributed by atoms with van der Waals surface area (Å²) in [6.45, 7) is 3.52. The number of hydrogen-bond acceptors (Lipinski definition) is 4. The highest BCUT2D eigenvalue weighted by Crippen LogP contribution is 2.47. The normalized spacial score (nSPS) is 24.3. The summed E-state index contributed by atoms with van der Waals surface area (Å²) >= 11 is 0. The third-order valence-electron chi connectivity index (χ3n) is 5.87. The molecule has 0 aromatic heterocycles. The molecule has 1 unspecified atom stereocenters. The minimum atomic E-state index is -0.453. The van der Waals surface area contributed by atoms with Crippen LogP contribution in [-0.4, -0.2) is 62.7 Å². The van der Waals surface area contributed by atoms with Crippen molar-refractivity contribution in [2.24, 2.45) is 0 Å². The number of fused-ring (bicyclic) bond motifs is 2. The Hall–Kier alpha value is -1.63. The Kier molecular flexibility index (Phi) is 5.55. The van der Waals surface area contributed by atoms with Gasteiger partial charge in [0.25, 0.3) is 0 Å². The van der Waals surface area contributed by atoms with E-state index < -0.39 is 5.41 Å². The molecule has 3 aliphatic rings. The van der Waals surface area contributed by atoms with Crippen molar-refractivity contribution in [3.8, 4) is 0 Å². The standard InChI is InChI=1S/C19H25N3O3.ClH/c1-21-16-5-3-2-4-15(16)19(18(21)24)6-9-22(10-7-19)17(23)12-14-13-20-8-11-25-14;/h2-5,14,20H,6-13H2,1H3;1H. The van der Waals surface area contributed by atoms with Crippen LogP contribution in [0.25, 0.3) is 0 Å². The number of para-hydroxylation sites is 1. The van der Waals surface area contributed by atoms with Gasteiger partial charge in [0.15, 0.2) is 0 Å². The van der Waals surface area contributed by atoms with Crippen molar-refractivity contribution in [3.63, 3.8) is 0 Å². The number of amides is 2. The number of carbonyl (C=O) groups is 2. The molecular formula is C19H26ClN3O3. The van der Waals surface area contributed by atoms with Crippen molar-refractivity contribution in [3.05, 3.63) is 29.8 Å². The maximum absolute atomic E-state index is 12.9. The van der Waals surface area contributed by atoms with Gasteiger partial charge in [-0.05, 0) is 24.5 Å². The summed E-state index contributed by atoms with van der Waals surface area (Å²) in [6, 6.07) is 8.04. The van der Waals surface area contributed by atoms with Gasteiger partial charge in [-0.25, -0.2) is 0 Å². The van der Waals surface area contributed by atoms with Crippen LogP contribution in [0.2, 0.25) is 0 Å². The monoisotopic (exact) mass is 379 g/mol. The summed E-state index contributed by atoms with van der Waals surface area (Å²) in [5.41, 5.74) is 1.67. The first-order chi connectivity index (χ1) is 12.1. The van der Waals surface area contributed by atoms with Gasteiger partial charge in [-0.1, -0.05) is 18.2 Å². The van der Waals surface area contributed by atoms with E-state index in [2.05, 4.69) is 11.4 Å². The molecule has 1 atom stereocenters. The van der Waals surface area contributed by atoms with E-state index in [0.29, 0.717) is 39.0 Å². The molecule has 2 amide bonds. The van der Waals surface area contributed by atoms with E-state index in [0.717, 1.165) is 24.3 Å². The minimum Gasteiger partial charge on any atom is -0.375 e. The van der Waals surface area contributed by atoms with Crippen LogP contribution in [-0.2, 0) is 19.7 Å². The van der Waals surface area contributed by atoms with E-state index in [1.165, 1.54) is 0 Å². The number of piperidine rings is 1. The molecule has 0 bridgehead atoms. The third kappa shape index (κ3) is 3.10. The first kappa shape index (κ1) is 19.1. The van der Waals surface area contributed by atoms with Gasteiger partial charge < -0.3 is 19.9 Å². The van der Waals surface area contributed by atoms with Gasteiger partial charge in [0.05, 0.1) is 24.5 Å². The van der Waals surface area contributed by atoms with Gasteiger partial charge in [-0.15, -0.1) is 12.4 Å². The second kappa shape index (κ2) is 7.55. The van der Waals surface area contributed by atoms with Crippen LogP contribution in [0, 0.1) is 0 Å². The van der Waals surface area contributed by atoms with E-state index >= 15 is 0 Å². The van der Waals surface area contributed by atoms with Crippen LogP contribution in [0.3, 0.4) is 0 Å². The van der Waals surface area contributed by atoms with Crippen LogP contribution >= 0.6 is 12.4 Å². The molecule has 1 aromatic carbocycles. The fourth-order valence-corrected chi connectivity index (χ4v) is 4.41. The molecule has 3 heterocycles. The summed E-state index contributed by atoms with van der Waals surface area (Å²) in [5, 5.41) is 3.26. The van der Waals surface area contributed by atoms with Crippen LogP contribution < -0.4 is 10.2 Å². The Morgan fingerprint density at radius 1 is 1.31 bits per heavy atom. The molecule has 6 nitrogen and oxygen atoms in total. The fraction of sp³-hybridized carbons (Fsp3) is 0.579. The van der Waals surface area contributed by atoms with E-state index in [9.17, 15) is 9.59 Å². The lowest BCUT2D eigenvalue weighted by Crippen LogP contribution is -2.50. The summed E-state index contributed by atoms with van der Waals surface area (Å²) in [4.78, 5) is 29.2. The lowest BCUT2D eigenvalue weighted by atomic mass is 9.73. The smallest absolute Gasteiger partial charge is 0.237 e. The number of likely N-dealkylation sites (tertiary alicyclic amines) is 1. The number of carbonyl (C=O) groups excluding carboxylic acids is 2. The van der Waals surface area contributed by atoms with E-state index in [1.54, 1.807) is 4.90 Å².